The van der Waals surface area contributed by atoms with Crippen LogP contribution in [0.15, 0.2) is 36.4 Å². The number of benzene rings is 2. The molecule has 0 saturated carbocycles. The van der Waals surface area contributed by atoms with Gasteiger partial charge in [0.15, 0.2) is 0 Å². The Bertz CT molecular complexity index is 805. The van der Waals surface area contributed by atoms with Crippen LogP contribution in [0.1, 0.15) is 0 Å². The van der Waals surface area contributed by atoms with Crippen molar-refractivity contribution >= 4 is 10.8 Å². The van der Waals surface area contributed by atoms with E-state index in [0.29, 0.717) is 11.5 Å². The summed E-state index contributed by atoms with van der Waals surface area (Å²) in [5.74, 6) is 0.791. The molecule has 0 amide bonds. The summed E-state index contributed by atoms with van der Waals surface area (Å²) in [4.78, 5) is 0. The third-order valence-corrected chi connectivity index (χ3v) is 5.20. The van der Waals surface area contributed by atoms with Crippen LogP contribution >= 0.6 is 0 Å². The molecule has 2 heterocycles. The molecule has 4 rings (SSSR count). The molecule has 0 spiro atoms. The van der Waals surface area contributed by atoms with E-state index in [1.54, 1.807) is 36.4 Å². The Morgan fingerprint density at radius 2 is 1.00 bits per heavy atom. The van der Waals surface area contributed by atoms with Crippen molar-refractivity contribution in [2.45, 2.75) is 49.2 Å². The molecule has 0 aromatic heterocycles. The summed E-state index contributed by atoms with van der Waals surface area (Å²) in [5.41, 5.74) is 0. The van der Waals surface area contributed by atoms with E-state index < -0.39 is 49.2 Å². The number of hydrogen-bond donors (Lipinski definition) is 6. The maximum absolute atomic E-state index is 9.99. The molecule has 10 heteroatoms. The van der Waals surface area contributed by atoms with Crippen molar-refractivity contribution in [3.05, 3.63) is 36.4 Å². The van der Waals surface area contributed by atoms with Crippen molar-refractivity contribution in [2.75, 3.05) is 13.2 Å². The molecule has 2 aromatic carbocycles. The summed E-state index contributed by atoms with van der Waals surface area (Å²) in [7, 11) is 0. The summed E-state index contributed by atoms with van der Waals surface area (Å²) >= 11 is 0. The fourth-order valence-corrected chi connectivity index (χ4v) is 3.38. The first-order valence-corrected chi connectivity index (χ1v) is 9.52. The Kier molecular flexibility index (Phi) is 6.09. The van der Waals surface area contributed by atoms with Crippen molar-refractivity contribution in [1.29, 1.82) is 0 Å². The highest BCUT2D eigenvalue weighted by Crippen LogP contribution is 2.28. The third kappa shape index (κ3) is 4.22. The molecule has 10 nitrogen and oxygen atoms in total. The van der Waals surface area contributed by atoms with Crippen LogP contribution in [0, 0.1) is 0 Å². The van der Waals surface area contributed by atoms with Crippen LogP contribution in [0.25, 0.3) is 10.8 Å². The van der Waals surface area contributed by atoms with Crippen molar-refractivity contribution < 1.29 is 49.6 Å². The van der Waals surface area contributed by atoms with E-state index in [-0.39, 0.29) is 13.2 Å². The molecular formula is C20H24O10. The van der Waals surface area contributed by atoms with Crippen LogP contribution < -0.4 is 9.47 Å². The average molecular weight is 424 g/mol. The zero-order valence-electron chi connectivity index (χ0n) is 15.8. The predicted octanol–water partition coefficient (Wildman–Crippen LogP) is -1.52. The second-order valence-electron chi connectivity index (χ2n) is 7.41. The first-order valence-electron chi connectivity index (χ1n) is 9.52. The number of ether oxygens (including phenoxy) is 4. The maximum Gasteiger partial charge on any atom is 0.228 e. The average Bonchev–Trinajstić information content (AvgIpc) is 2.74. The lowest BCUT2D eigenvalue weighted by molar-refractivity contribution is -0.242. The minimum Gasteiger partial charge on any atom is -0.462 e. The largest absolute Gasteiger partial charge is 0.462 e. The highest BCUT2D eigenvalue weighted by atomic mass is 16.7. The predicted molar refractivity (Wildman–Crippen MR) is 101 cm³/mol. The van der Waals surface area contributed by atoms with Gasteiger partial charge in [0.2, 0.25) is 12.6 Å². The Morgan fingerprint density at radius 3 is 1.40 bits per heavy atom. The third-order valence-electron chi connectivity index (χ3n) is 5.20. The molecular weight excluding hydrogens is 400 g/mol. The number of hydrogen-bond acceptors (Lipinski definition) is 10. The van der Waals surface area contributed by atoms with E-state index in [1.807, 2.05) is 0 Å². The summed E-state index contributed by atoms with van der Waals surface area (Å²) in [6.45, 7) is -0.310. The van der Waals surface area contributed by atoms with Gasteiger partial charge in [-0.05, 0) is 35.0 Å². The van der Waals surface area contributed by atoms with Crippen LogP contribution in [0.4, 0.5) is 0 Å². The topological polar surface area (TPSA) is 158 Å². The lowest BCUT2D eigenvalue weighted by Gasteiger charge is -2.35. The first-order chi connectivity index (χ1) is 14.3. The Labute approximate surface area is 171 Å². The zero-order chi connectivity index (χ0) is 21.4. The van der Waals surface area contributed by atoms with Gasteiger partial charge in [-0.15, -0.1) is 0 Å². The molecule has 2 fully saturated rings. The van der Waals surface area contributed by atoms with Gasteiger partial charge in [0.05, 0.1) is 13.2 Å². The van der Waals surface area contributed by atoms with Crippen molar-refractivity contribution in [3.63, 3.8) is 0 Å². The molecule has 0 unspecified atom stereocenters. The second kappa shape index (κ2) is 8.61. The van der Waals surface area contributed by atoms with Gasteiger partial charge in [-0.3, -0.25) is 0 Å². The molecule has 164 valence electrons. The number of rotatable bonds is 4. The molecule has 6 N–H and O–H groups in total. The molecule has 2 aromatic rings. The summed E-state index contributed by atoms with van der Waals surface area (Å²) in [5, 5.41) is 60.1. The Morgan fingerprint density at radius 1 is 0.600 bits per heavy atom. The van der Waals surface area contributed by atoms with Gasteiger partial charge in [-0.1, -0.05) is 12.1 Å². The van der Waals surface area contributed by atoms with Crippen molar-refractivity contribution in [3.8, 4) is 11.5 Å². The zero-order valence-corrected chi connectivity index (χ0v) is 15.8. The van der Waals surface area contributed by atoms with E-state index >= 15 is 0 Å². The smallest absolute Gasteiger partial charge is 0.228 e. The molecule has 2 aliphatic heterocycles. The summed E-state index contributed by atoms with van der Waals surface area (Å²) in [6, 6.07) is 10.2. The fourth-order valence-electron chi connectivity index (χ4n) is 3.38. The van der Waals surface area contributed by atoms with Gasteiger partial charge in [0.1, 0.15) is 48.1 Å². The first kappa shape index (κ1) is 21.2. The number of fused-ring (bicyclic) bond motifs is 1. The van der Waals surface area contributed by atoms with Gasteiger partial charge < -0.3 is 49.6 Å². The normalized spacial score (nSPS) is 37.1. The lowest BCUT2D eigenvalue weighted by atomic mass is 10.1. The van der Waals surface area contributed by atoms with Gasteiger partial charge >= 0.3 is 0 Å². The van der Waals surface area contributed by atoms with E-state index in [9.17, 15) is 30.6 Å². The van der Waals surface area contributed by atoms with E-state index in [2.05, 4.69) is 0 Å². The van der Waals surface area contributed by atoms with Crippen LogP contribution in [0.3, 0.4) is 0 Å². The minimum atomic E-state index is -1.39. The molecule has 0 bridgehead atoms. The van der Waals surface area contributed by atoms with Crippen LogP contribution in [0.5, 0.6) is 11.5 Å². The lowest BCUT2D eigenvalue weighted by Crippen LogP contribution is -2.54. The quantitative estimate of drug-likeness (QED) is 0.340. The summed E-state index contributed by atoms with van der Waals surface area (Å²) < 4.78 is 21.7. The molecule has 0 aliphatic carbocycles. The summed E-state index contributed by atoms with van der Waals surface area (Å²) in [6.07, 6.45) is -10.1. The monoisotopic (exact) mass is 424 g/mol. The molecule has 30 heavy (non-hydrogen) atoms. The molecule has 2 saturated heterocycles. The standard InChI is InChI=1S/C20H24O10/c21-13-7-27-19(17(25)15(13)23)29-11-3-1-9-5-12(4-2-10(9)6-11)30-20-18(26)16(24)14(22)8-28-20/h1-6,13-26H,7-8H2/t13-,14-,15+,16+,17-,18-,19+,20+/m1/s1. The number of aliphatic hydroxyl groups excluding tert-OH is 6. The SMILES string of the molecule is O[C@@H]1[C@@H](O)[C@H](Oc2ccc3cc(O[C@@H]4OC[C@@H](O)[C@H](O)[C@H]4O)ccc3c2)OC[C@H]1O. The van der Waals surface area contributed by atoms with Gasteiger partial charge in [0.25, 0.3) is 0 Å². The van der Waals surface area contributed by atoms with E-state index in [4.69, 9.17) is 18.9 Å². The fraction of sp³-hybridized carbons (Fsp3) is 0.500. The maximum atomic E-state index is 9.99. The minimum absolute atomic E-state index is 0.155. The van der Waals surface area contributed by atoms with E-state index in [0.717, 1.165) is 10.8 Å². The highest BCUT2D eigenvalue weighted by Gasteiger charge is 2.40. The molecule has 0 radical (unpaired) electrons. The van der Waals surface area contributed by atoms with Crippen LogP contribution in [0.2, 0.25) is 0 Å². The Hall–Kier alpha value is -2.02. The van der Waals surface area contributed by atoms with Crippen LogP contribution in [-0.2, 0) is 9.47 Å². The molecule has 8 atom stereocenters. The van der Waals surface area contributed by atoms with Gasteiger partial charge in [-0.25, -0.2) is 0 Å². The second-order valence-corrected chi connectivity index (χ2v) is 7.41. The highest BCUT2D eigenvalue weighted by molar-refractivity contribution is 5.85. The molecule has 2 aliphatic rings. The van der Waals surface area contributed by atoms with Crippen LogP contribution in [-0.4, -0.2) is 93.1 Å². The van der Waals surface area contributed by atoms with E-state index in [1.165, 1.54) is 0 Å². The number of aliphatic hydroxyl groups is 6. The van der Waals surface area contributed by atoms with Crippen molar-refractivity contribution in [1.82, 2.24) is 0 Å². The van der Waals surface area contributed by atoms with Gasteiger partial charge in [-0.2, -0.15) is 0 Å². The van der Waals surface area contributed by atoms with Crippen molar-refractivity contribution in [2.24, 2.45) is 0 Å². The Balaban J connectivity index is 1.45. The van der Waals surface area contributed by atoms with Gasteiger partial charge in [0, 0.05) is 0 Å².